The van der Waals surface area contributed by atoms with Gasteiger partial charge in [0.15, 0.2) is 34.2 Å². The van der Waals surface area contributed by atoms with E-state index < -0.39 is 23.1 Å². The molecule has 62 heavy (non-hydrogen) atoms. The Hall–Kier alpha value is -5.28. The summed E-state index contributed by atoms with van der Waals surface area (Å²) in [5.41, 5.74) is 2.84. The summed E-state index contributed by atoms with van der Waals surface area (Å²) >= 11 is 13.1. The van der Waals surface area contributed by atoms with Gasteiger partial charge in [0.05, 0.1) is 24.5 Å². The topological polar surface area (TPSA) is 127 Å². The van der Waals surface area contributed by atoms with E-state index in [1.807, 2.05) is 48.5 Å². The maximum Gasteiger partial charge on any atom is 0.418 e. The Kier molecular flexibility index (Phi) is 11.3. The number of nitrogens with one attached hydrogen (secondary N) is 2. The molecule has 0 radical (unpaired) electrons. The van der Waals surface area contributed by atoms with Crippen LogP contribution in [0.5, 0.6) is 23.0 Å². The summed E-state index contributed by atoms with van der Waals surface area (Å²) in [6, 6.07) is 23.0. The summed E-state index contributed by atoms with van der Waals surface area (Å²) in [4.78, 5) is 37.7. The Labute approximate surface area is 370 Å². The largest absolute Gasteiger partial charge is 0.486 e. The first-order valence-electron chi connectivity index (χ1n) is 21.5. The molecule has 0 saturated carbocycles. The third kappa shape index (κ3) is 7.97. The molecule has 2 fully saturated rings. The third-order valence-electron chi connectivity index (χ3n) is 13.0. The van der Waals surface area contributed by atoms with Crippen molar-refractivity contribution in [1.29, 1.82) is 0 Å². The second-order valence-electron chi connectivity index (χ2n) is 16.6. The Morgan fingerprint density at radius 2 is 0.984 bits per heavy atom. The van der Waals surface area contributed by atoms with Crippen molar-refractivity contribution < 1.29 is 38.0 Å². The fourth-order valence-electron chi connectivity index (χ4n) is 9.65. The molecule has 6 aliphatic rings. The van der Waals surface area contributed by atoms with Gasteiger partial charge >= 0.3 is 11.9 Å². The predicted molar refractivity (Wildman–Crippen MR) is 237 cm³/mol. The standard InChI is InChI=1S/C46H50Cl2N6O8/c47-31-7-9-35-33(27-31)45(29-49-35,11-13-51-15-19-53(20-16-51)37-3-1-5-39-41(37)59-25-23-57-39)61-43(55)44(56)62-46(30-50-36-10-8-32(48)28-34(36)46)12-14-52-17-21-54(22-18-52)38-4-2-6-40-42(38)60-26-24-58-40/h1-10,27-28,49-50H,11-26,29-30H2. The van der Waals surface area contributed by atoms with Gasteiger partial charge in [-0.25, -0.2) is 9.59 Å². The van der Waals surface area contributed by atoms with Crippen molar-refractivity contribution in [2.45, 2.75) is 24.0 Å². The van der Waals surface area contributed by atoms with Crippen molar-refractivity contribution in [3.8, 4) is 23.0 Å². The van der Waals surface area contributed by atoms with Gasteiger partial charge in [-0.15, -0.1) is 0 Å². The Bertz CT molecular complexity index is 2180. The summed E-state index contributed by atoms with van der Waals surface area (Å²) in [7, 11) is 0. The number of hydrogen-bond donors (Lipinski definition) is 2. The lowest BCUT2D eigenvalue weighted by atomic mass is 9.91. The van der Waals surface area contributed by atoms with Crippen LogP contribution in [0.2, 0.25) is 10.0 Å². The average molecular weight is 886 g/mol. The Morgan fingerprint density at radius 3 is 1.42 bits per heavy atom. The fourth-order valence-corrected chi connectivity index (χ4v) is 9.99. The molecule has 0 amide bonds. The predicted octanol–water partition coefficient (Wildman–Crippen LogP) is 5.99. The van der Waals surface area contributed by atoms with E-state index in [1.165, 1.54) is 0 Å². The number of anilines is 4. The maximum absolute atomic E-state index is 14.2. The van der Waals surface area contributed by atoms with E-state index in [4.69, 9.17) is 51.6 Å². The van der Waals surface area contributed by atoms with Crippen molar-refractivity contribution in [2.75, 3.05) is 125 Å². The van der Waals surface area contributed by atoms with Crippen LogP contribution in [0.4, 0.5) is 22.7 Å². The molecule has 14 nitrogen and oxygen atoms in total. The van der Waals surface area contributed by atoms with Crippen LogP contribution in [0.25, 0.3) is 0 Å². The zero-order valence-electron chi connectivity index (χ0n) is 34.5. The van der Waals surface area contributed by atoms with Crippen molar-refractivity contribution in [3.05, 3.63) is 94.0 Å². The lowest BCUT2D eigenvalue weighted by molar-refractivity contribution is -0.187. The number of fused-ring (bicyclic) bond motifs is 4. The number of hydrogen-bond acceptors (Lipinski definition) is 14. The van der Waals surface area contributed by atoms with E-state index in [0.717, 1.165) is 109 Å². The number of halogens is 2. The molecule has 2 saturated heterocycles. The second-order valence-corrected chi connectivity index (χ2v) is 17.5. The van der Waals surface area contributed by atoms with Gasteiger partial charge in [0.2, 0.25) is 0 Å². The number of esters is 2. The minimum Gasteiger partial charge on any atom is -0.486 e. The minimum absolute atomic E-state index is 0.289. The van der Waals surface area contributed by atoms with Crippen LogP contribution in [0.15, 0.2) is 72.8 Å². The number of ether oxygens (including phenoxy) is 6. The Balaban J connectivity index is 0.820. The second kappa shape index (κ2) is 17.1. The minimum atomic E-state index is -1.16. The Morgan fingerprint density at radius 1 is 0.565 bits per heavy atom. The van der Waals surface area contributed by atoms with Crippen LogP contribution in [0.1, 0.15) is 24.0 Å². The van der Waals surface area contributed by atoms with E-state index in [1.54, 1.807) is 12.1 Å². The number of piperazine rings is 2. The van der Waals surface area contributed by atoms with Crippen LogP contribution in [0.3, 0.4) is 0 Å². The van der Waals surface area contributed by atoms with Crippen LogP contribution in [-0.2, 0) is 30.3 Å². The molecule has 0 bridgehead atoms. The zero-order chi connectivity index (χ0) is 42.3. The molecule has 0 spiro atoms. The van der Waals surface area contributed by atoms with Crippen LogP contribution in [-0.4, -0.2) is 127 Å². The highest BCUT2D eigenvalue weighted by molar-refractivity contribution is 6.31. The molecular weight excluding hydrogens is 835 g/mol. The number of carbonyl (C=O) groups is 2. The zero-order valence-corrected chi connectivity index (χ0v) is 36.0. The molecule has 16 heteroatoms. The summed E-state index contributed by atoms with van der Waals surface area (Å²) in [6.07, 6.45) is 0.873. The van der Waals surface area contributed by atoms with E-state index in [-0.39, 0.29) is 13.1 Å². The van der Waals surface area contributed by atoms with Crippen molar-refractivity contribution in [1.82, 2.24) is 9.80 Å². The smallest absolute Gasteiger partial charge is 0.418 e. The van der Waals surface area contributed by atoms with Gasteiger partial charge in [0, 0.05) is 111 Å². The summed E-state index contributed by atoms with van der Waals surface area (Å²) in [5, 5.41) is 7.83. The lowest BCUT2D eigenvalue weighted by Gasteiger charge is -2.39. The van der Waals surface area contributed by atoms with Gasteiger partial charge in [0.1, 0.15) is 26.4 Å². The van der Waals surface area contributed by atoms with E-state index >= 15 is 0 Å². The van der Waals surface area contributed by atoms with Crippen LogP contribution < -0.4 is 39.4 Å². The van der Waals surface area contributed by atoms with Gasteiger partial charge in [-0.3, -0.25) is 9.80 Å². The highest BCUT2D eigenvalue weighted by Gasteiger charge is 2.48. The number of carbonyl (C=O) groups excluding carboxylic acids is 2. The van der Waals surface area contributed by atoms with Gasteiger partial charge in [-0.1, -0.05) is 35.3 Å². The normalized spacial score (nSPS) is 22.9. The molecule has 2 N–H and O–H groups in total. The quantitative estimate of drug-likeness (QED) is 0.143. The first-order valence-corrected chi connectivity index (χ1v) is 22.3. The molecule has 0 aliphatic carbocycles. The molecule has 6 heterocycles. The highest BCUT2D eigenvalue weighted by Crippen LogP contribution is 2.46. The number of rotatable bonds is 10. The number of para-hydroxylation sites is 2. The number of nitrogens with zero attached hydrogens (tertiary/aromatic N) is 4. The monoisotopic (exact) mass is 884 g/mol. The average Bonchev–Trinajstić information content (AvgIpc) is 3.84. The highest BCUT2D eigenvalue weighted by atomic mass is 35.5. The summed E-state index contributed by atoms with van der Waals surface area (Å²) in [5.74, 6) is 1.03. The van der Waals surface area contributed by atoms with Gasteiger partial charge in [0.25, 0.3) is 0 Å². The molecule has 2 unspecified atom stereocenters. The maximum atomic E-state index is 14.2. The van der Waals surface area contributed by atoms with Crippen LogP contribution in [0, 0.1) is 0 Å². The molecular formula is C46H50Cl2N6O8. The van der Waals surface area contributed by atoms with E-state index in [9.17, 15) is 9.59 Å². The SMILES string of the molecule is O=C(OC1(CCN2CCN(c3cccc4c3OCCO4)CC2)CNc2ccc(Cl)cc21)C(=O)OC1(CCN2CCN(c3cccc4c3OCCO4)CC2)CNc2ccc(Cl)cc21. The van der Waals surface area contributed by atoms with Crippen molar-refractivity contribution in [3.63, 3.8) is 0 Å². The molecule has 4 aromatic carbocycles. The molecule has 4 aromatic rings. The van der Waals surface area contributed by atoms with E-state index in [2.05, 4.69) is 42.4 Å². The number of benzene rings is 4. The molecule has 2 atom stereocenters. The lowest BCUT2D eigenvalue weighted by Crippen LogP contribution is -2.49. The van der Waals surface area contributed by atoms with Gasteiger partial charge < -0.3 is 48.9 Å². The van der Waals surface area contributed by atoms with Crippen molar-refractivity contribution >= 4 is 57.9 Å². The van der Waals surface area contributed by atoms with Crippen molar-refractivity contribution in [2.24, 2.45) is 0 Å². The fraction of sp³-hybridized carbons (Fsp3) is 0.435. The van der Waals surface area contributed by atoms with Gasteiger partial charge in [-0.2, -0.15) is 0 Å². The van der Waals surface area contributed by atoms with E-state index in [0.29, 0.717) is 62.4 Å². The molecule has 326 valence electrons. The third-order valence-corrected chi connectivity index (χ3v) is 13.5. The first-order chi connectivity index (χ1) is 30.3. The molecule has 10 rings (SSSR count). The summed E-state index contributed by atoms with van der Waals surface area (Å²) in [6.45, 7) is 10.3. The molecule has 6 aliphatic heterocycles. The molecule has 0 aromatic heterocycles. The summed E-state index contributed by atoms with van der Waals surface area (Å²) < 4.78 is 36.4. The van der Waals surface area contributed by atoms with Crippen LogP contribution >= 0.6 is 23.2 Å². The first kappa shape index (κ1) is 40.8. The van der Waals surface area contributed by atoms with Gasteiger partial charge in [-0.05, 0) is 60.7 Å².